The van der Waals surface area contributed by atoms with Gasteiger partial charge in [0.25, 0.3) is 0 Å². The number of halogens is 1. The summed E-state index contributed by atoms with van der Waals surface area (Å²) in [7, 11) is 0. The highest BCUT2D eigenvalue weighted by Gasteiger charge is 2.32. The first-order chi connectivity index (χ1) is 8.36. The van der Waals surface area contributed by atoms with Crippen molar-refractivity contribution in [1.82, 2.24) is 0 Å². The second-order valence-electron chi connectivity index (χ2n) is 4.01. The predicted octanol–water partition coefficient (Wildman–Crippen LogP) is 2.20. The maximum atomic E-state index is 12.8. The molecule has 0 aromatic heterocycles. The van der Waals surface area contributed by atoms with Gasteiger partial charge in [-0.25, -0.2) is 4.39 Å². The molecule has 2 N–H and O–H groups in total. The molecular weight excluding hydrogens is 239 g/mol. The van der Waals surface area contributed by atoms with Crippen LogP contribution in [0.25, 0.3) is 0 Å². The highest BCUT2D eigenvalue weighted by atomic mass is 19.1. The van der Waals surface area contributed by atoms with Crippen molar-refractivity contribution in [2.45, 2.75) is 18.8 Å². The number of carboxylic acid groups (broad SMARTS) is 2. The number of aliphatic carboxylic acids is 2. The van der Waals surface area contributed by atoms with Crippen LogP contribution in [0.1, 0.15) is 18.9 Å². The lowest BCUT2D eigenvalue weighted by Gasteiger charge is -2.21. The van der Waals surface area contributed by atoms with Crippen molar-refractivity contribution in [3.63, 3.8) is 0 Å². The fourth-order valence-corrected chi connectivity index (χ4v) is 1.48. The van der Waals surface area contributed by atoms with Crippen LogP contribution in [-0.2, 0) is 15.0 Å². The van der Waals surface area contributed by atoms with Crippen LogP contribution in [0.4, 0.5) is 4.39 Å². The quantitative estimate of drug-likeness (QED) is 0.788. The minimum absolute atomic E-state index is 0.260. The lowest BCUT2D eigenvalue weighted by Crippen LogP contribution is -2.30. The van der Waals surface area contributed by atoms with Gasteiger partial charge < -0.3 is 10.2 Å². The van der Waals surface area contributed by atoms with E-state index in [2.05, 4.69) is 0 Å². The lowest BCUT2D eigenvalue weighted by molar-refractivity contribution is -0.141. The zero-order valence-electron chi connectivity index (χ0n) is 9.76. The van der Waals surface area contributed by atoms with E-state index in [9.17, 15) is 19.1 Å². The van der Waals surface area contributed by atoms with Crippen LogP contribution in [0, 0.1) is 5.82 Å². The molecule has 1 rings (SSSR count). The molecule has 0 bridgehead atoms. The molecule has 0 saturated heterocycles. The summed E-state index contributed by atoms with van der Waals surface area (Å²) in [5, 5.41) is 17.7. The lowest BCUT2D eigenvalue weighted by atomic mass is 9.82. The summed E-state index contributed by atoms with van der Waals surface area (Å²) in [6.07, 6.45) is 2.32. The summed E-state index contributed by atoms with van der Waals surface area (Å²) in [4.78, 5) is 21.7. The third kappa shape index (κ3) is 3.16. The van der Waals surface area contributed by atoms with Crippen molar-refractivity contribution in [3.05, 3.63) is 47.8 Å². The first kappa shape index (κ1) is 13.9. The fourth-order valence-electron chi connectivity index (χ4n) is 1.48. The molecule has 0 fully saturated rings. The highest BCUT2D eigenvalue weighted by molar-refractivity contribution is 5.83. The SMILES string of the molecule is CC(/C=C/CC(=O)O)(C(=O)O)c1ccc(F)cc1. The van der Waals surface area contributed by atoms with E-state index < -0.39 is 23.2 Å². The van der Waals surface area contributed by atoms with Gasteiger partial charge in [-0.15, -0.1) is 0 Å². The Morgan fingerprint density at radius 2 is 1.83 bits per heavy atom. The Balaban J connectivity index is 3.07. The monoisotopic (exact) mass is 252 g/mol. The number of hydrogen-bond acceptors (Lipinski definition) is 2. The number of hydrogen-bond donors (Lipinski definition) is 2. The van der Waals surface area contributed by atoms with Crippen LogP contribution < -0.4 is 0 Å². The van der Waals surface area contributed by atoms with Gasteiger partial charge in [-0.05, 0) is 24.6 Å². The van der Waals surface area contributed by atoms with Gasteiger partial charge >= 0.3 is 11.9 Å². The Bertz CT molecular complexity index is 478. The highest BCUT2D eigenvalue weighted by Crippen LogP contribution is 2.26. The van der Waals surface area contributed by atoms with Gasteiger partial charge in [-0.3, -0.25) is 9.59 Å². The molecule has 5 heteroatoms. The molecule has 0 heterocycles. The molecule has 0 spiro atoms. The minimum Gasteiger partial charge on any atom is -0.481 e. The average molecular weight is 252 g/mol. The first-order valence-corrected chi connectivity index (χ1v) is 5.25. The standard InChI is InChI=1S/C13H13FO4/c1-13(12(17)18,8-2-3-11(15)16)9-4-6-10(14)7-5-9/h2,4-8H,3H2,1H3,(H,15,16)(H,17,18)/b8-2+. The molecule has 1 atom stereocenters. The maximum Gasteiger partial charge on any atom is 0.317 e. The zero-order valence-corrected chi connectivity index (χ0v) is 9.76. The maximum absolute atomic E-state index is 12.8. The van der Waals surface area contributed by atoms with E-state index in [1.54, 1.807) is 0 Å². The van der Waals surface area contributed by atoms with E-state index >= 15 is 0 Å². The Morgan fingerprint density at radius 3 is 2.28 bits per heavy atom. The largest absolute Gasteiger partial charge is 0.481 e. The topological polar surface area (TPSA) is 74.6 Å². The molecule has 0 saturated carbocycles. The van der Waals surface area contributed by atoms with E-state index in [0.29, 0.717) is 5.56 Å². The molecule has 1 aromatic carbocycles. The van der Waals surface area contributed by atoms with Crippen LogP contribution in [-0.4, -0.2) is 22.2 Å². The molecule has 18 heavy (non-hydrogen) atoms. The third-order valence-electron chi connectivity index (χ3n) is 2.63. The Hall–Kier alpha value is -2.17. The second-order valence-corrected chi connectivity index (χ2v) is 4.01. The summed E-state index contributed by atoms with van der Waals surface area (Å²) < 4.78 is 12.8. The minimum atomic E-state index is -1.37. The molecule has 0 aliphatic carbocycles. The normalized spacial score (nSPS) is 14.3. The van der Waals surface area contributed by atoms with Crippen molar-refractivity contribution in [3.8, 4) is 0 Å². The molecule has 0 aliphatic rings. The van der Waals surface area contributed by atoms with Crippen LogP contribution in [0.15, 0.2) is 36.4 Å². The number of carbonyl (C=O) groups is 2. The van der Waals surface area contributed by atoms with Crippen LogP contribution >= 0.6 is 0 Å². The summed E-state index contributed by atoms with van der Waals surface area (Å²) >= 11 is 0. The number of rotatable bonds is 5. The van der Waals surface area contributed by atoms with Gasteiger partial charge in [0.1, 0.15) is 11.2 Å². The molecule has 4 nitrogen and oxygen atoms in total. The van der Waals surface area contributed by atoms with E-state index in [4.69, 9.17) is 5.11 Å². The molecule has 1 unspecified atom stereocenters. The molecule has 96 valence electrons. The van der Waals surface area contributed by atoms with E-state index in [1.165, 1.54) is 43.3 Å². The van der Waals surface area contributed by atoms with Crippen molar-refractivity contribution >= 4 is 11.9 Å². The molecule has 1 aromatic rings. The van der Waals surface area contributed by atoms with E-state index in [1.807, 2.05) is 0 Å². The fraction of sp³-hybridized carbons (Fsp3) is 0.231. The van der Waals surface area contributed by atoms with E-state index in [-0.39, 0.29) is 6.42 Å². The number of benzene rings is 1. The summed E-state index contributed by atoms with van der Waals surface area (Å²) in [6.45, 7) is 1.43. The molecular formula is C13H13FO4. The van der Waals surface area contributed by atoms with Crippen LogP contribution in [0.3, 0.4) is 0 Å². The van der Waals surface area contributed by atoms with Gasteiger partial charge in [0.15, 0.2) is 0 Å². The molecule has 0 radical (unpaired) electrons. The van der Waals surface area contributed by atoms with Crippen LogP contribution in [0.2, 0.25) is 0 Å². The Morgan fingerprint density at radius 1 is 1.28 bits per heavy atom. The number of carboxylic acids is 2. The van der Waals surface area contributed by atoms with Crippen molar-refractivity contribution in [2.24, 2.45) is 0 Å². The van der Waals surface area contributed by atoms with Crippen molar-refractivity contribution < 1.29 is 24.2 Å². The summed E-state index contributed by atoms with van der Waals surface area (Å²) in [6, 6.07) is 5.08. The van der Waals surface area contributed by atoms with Crippen LogP contribution in [0.5, 0.6) is 0 Å². The molecule has 0 amide bonds. The Kier molecular flexibility index (Phi) is 4.20. The van der Waals surface area contributed by atoms with E-state index in [0.717, 1.165) is 0 Å². The third-order valence-corrected chi connectivity index (χ3v) is 2.63. The van der Waals surface area contributed by atoms with Gasteiger partial charge in [0.2, 0.25) is 0 Å². The smallest absolute Gasteiger partial charge is 0.317 e. The zero-order chi connectivity index (χ0) is 13.8. The van der Waals surface area contributed by atoms with Crippen molar-refractivity contribution in [2.75, 3.05) is 0 Å². The second kappa shape index (κ2) is 5.44. The average Bonchev–Trinajstić information content (AvgIpc) is 2.28. The summed E-state index contributed by atoms with van der Waals surface area (Å²) in [5.74, 6) is -2.63. The van der Waals surface area contributed by atoms with Crippen molar-refractivity contribution in [1.29, 1.82) is 0 Å². The summed E-state index contributed by atoms with van der Waals surface area (Å²) in [5.41, 5.74) is -0.985. The first-order valence-electron chi connectivity index (χ1n) is 5.25. The molecule has 0 aliphatic heterocycles. The van der Waals surface area contributed by atoms with Gasteiger partial charge in [0, 0.05) is 0 Å². The van der Waals surface area contributed by atoms with Gasteiger partial charge in [0.05, 0.1) is 6.42 Å². The predicted molar refractivity (Wildman–Crippen MR) is 62.8 cm³/mol. The van der Waals surface area contributed by atoms with Gasteiger partial charge in [-0.1, -0.05) is 24.3 Å². The Labute approximate surface area is 103 Å². The van der Waals surface area contributed by atoms with Gasteiger partial charge in [-0.2, -0.15) is 0 Å².